The van der Waals surface area contributed by atoms with Gasteiger partial charge < -0.3 is 5.73 Å². The third-order valence-electron chi connectivity index (χ3n) is 3.14. The number of benzene rings is 1. The zero-order chi connectivity index (χ0) is 15.2. The Balaban J connectivity index is 2.13. The van der Waals surface area contributed by atoms with Crippen molar-refractivity contribution in [2.24, 2.45) is 0 Å². The Kier molecular flexibility index (Phi) is 2.86. The summed E-state index contributed by atoms with van der Waals surface area (Å²) in [6.45, 7) is 1.87. The number of nitrogens with zero attached hydrogens (tertiary/aromatic N) is 3. The van der Waals surface area contributed by atoms with E-state index in [2.05, 4.69) is 10.2 Å². The van der Waals surface area contributed by atoms with Crippen molar-refractivity contribution in [3.63, 3.8) is 0 Å². The van der Waals surface area contributed by atoms with Gasteiger partial charge >= 0.3 is 6.18 Å². The highest BCUT2D eigenvalue weighted by Crippen LogP contribution is 2.31. The van der Waals surface area contributed by atoms with Crippen LogP contribution in [0.2, 0.25) is 0 Å². The summed E-state index contributed by atoms with van der Waals surface area (Å²) in [7, 11) is 0. The highest BCUT2D eigenvalue weighted by atomic mass is 19.4. The Morgan fingerprint density at radius 2 is 1.76 bits per heavy atom. The molecule has 0 aliphatic carbocycles. The third kappa shape index (κ3) is 2.31. The summed E-state index contributed by atoms with van der Waals surface area (Å²) < 4.78 is 39.4. The fourth-order valence-corrected chi connectivity index (χ4v) is 2.17. The van der Waals surface area contributed by atoms with Gasteiger partial charge in [0.15, 0.2) is 11.5 Å². The van der Waals surface area contributed by atoms with E-state index >= 15 is 0 Å². The topological polar surface area (TPSA) is 56.2 Å². The SMILES string of the molecule is Cc1cc(N)c2nnc(-c3ccc(C(F)(F)F)cc3)n2c1. The number of nitrogens with two attached hydrogens (primary N) is 1. The van der Waals surface area contributed by atoms with Crippen LogP contribution in [0, 0.1) is 6.92 Å². The fraction of sp³-hybridized carbons (Fsp3) is 0.143. The van der Waals surface area contributed by atoms with Gasteiger partial charge in [0.2, 0.25) is 0 Å². The van der Waals surface area contributed by atoms with Crippen LogP contribution in [0.15, 0.2) is 36.5 Å². The molecule has 2 N–H and O–H groups in total. The minimum Gasteiger partial charge on any atom is -0.396 e. The molecular weight excluding hydrogens is 281 g/mol. The molecule has 3 rings (SSSR count). The Morgan fingerprint density at radius 1 is 1.10 bits per heavy atom. The quantitative estimate of drug-likeness (QED) is 0.748. The molecule has 0 unspecified atom stereocenters. The molecule has 108 valence electrons. The van der Waals surface area contributed by atoms with Crippen molar-refractivity contribution in [1.29, 1.82) is 0 Å². The normalized spacial score (nSPS) is 12.0. The van der Waals surface area contributed by atoms with Gasteiger partial charge in [-0.05, 0) is 30.7 Å². The number of pyridine rings is 1. The van der Waals surface area contributed by atoms with Crippen molar-refractivity contribution in [2.75, 3.05) is 5.73 Å². The van der Waals surface area contributed by atoms with Crippen LogP contribution in [0.1, 0.15) is 11.1 Å². The molecule has 2 aromatic heterocycles. The van der Waals surface area contributed by atoms with E-state index in [9.17, 15) is 13.2 Å². The number of nitrogen functional groups attached to an aromatic ring is 1. The average Bonchev–Trinajstić information content (AvgIpc) is 2.82. The molecule has 0 radical (unpaired) electrons. The van der Waals surface area contributed by atoms with Crippen molar-refractivity contribution < 1.29 is 13.2 Å². The molecule has 0 amide bonds. The first-order valence-electron chi connectivity index (χ1n) is 6.15. The molecule has 0 spiro atoms. The first-order chi connectivity index (χ1) is 9.86. The summed E-state index contributed by atoms with van der Waals surface area (Å²) in [4.78, 5) is 0. The van der Waals surface area contributed by atoms with E-state index in [0.717, 1.165) is 17.7 Å². The second-order valence-electron chi connectivity index (χ2n) is 4.77. The Morgan fingerprint density at radius 3 is 2.38 bits per heavy atom. The van der Waals surface area contributed by atoms with Gasteiger partial charge in [-0.2, -0.15) is 13.2 Å². The van der Waals surface area contributed by atoms with Gasteiger partial charge in [-0.15, -0.1) is 10.2 Å². The Labute approximate surface area is 118 Å². The molecule has 0 fully saturated rings. The molecule has 0 saturated carbocycles. The van der Waals surface area contributed by atoms with Gasteiger partial charge in [-0.25, -0.2) is 0 Å². The number of aryl methyl sites for hydroxylation is 1. The molecule has 4 nitrogen and oxygen atoms in total. The zero-order valence-electron chi connectivity index (χ0n) is 11.0. The first kappa shape index (κ1) is 13.4. The molecular formula is C14H11F3N4. The average molecular weight is 292 g/mol. The maximum Gasteiger partial charge on any atom is 0.416 e. The Bertz CT molecular complexity index is 803. The van der Waals surface area contributed by atoms with Crippen LogP contribution in [0.25, 0.3) is 17.0 Å². The molecule has 7 heteroatoms. The lowest BCUT2D eigenvalue weighted by atomic mass is 10.1. The van der Waals surface area contributed by atoms with Crippen LogP contribution in [0.4, 0.5) is 18.9 Å². The van der Waals surface area contributed by atoms with Crippen molar-refractivity contribution in [3.05, 3.63) is 47.7 Å². The number of rotatable bonds is 1. The molecule has 0 saturated heterocycles. The van der Waals surface area contributed by atoms with Crippen LogP contribution in [0.5, 0.6) is 0 Å². The number of halogens is 3. The van der Waals surface area contributed by atoms with Gasteiger partial charge in [0.25, 0.3) is 0 Å². The van der Waals surface area contributed by atoms with E-state index in [1.807, 2.05) is 6.92 Å². The number of aromatic nitrogens is 3. The smallest absolute Gasteiger partial charge is 0.396 e. The number of hydrogen-bond acceptors (Lipinski definition) is 3. The van der Waals surface area contributed by atoms with Crippen LogP contribution < -0.4 is 5.73 Å². The third-order valence-corrected chi connectivity index (χ3v) is 3.14. The molecule has 1 aromatic carbocycles. The van der Waals surface area contributed by atoms with Gasteiger partial charge in [0.05, 0.1) is 11.3 Å². The number of fused-ring (bicyclic) bond motifs is 1. The van der Waals surface area contributed by atoms with Crippen LogP contribution in [-0.4, -0.2) is 14.6 Å². The summed E-state index contributed by atoms with van der Waals surface area (Å²) >= 11 is 0. The Hall–Kier alpha value is -2.57. The summed E-state index contributed by atoms with van der Waals surface area (Å²) in [5.41, 5.74) is 7.57. The van der Waals surface area contributed by atoms with Crippen molar-refractivity contribution in [1.82, 2.24) is 14.6 Å². The molecule has 0 aliphatic rings. The van der Waals surface area contributed by atoms with Crippen molar-refractivity contribution in [2.45, 2.75) is 13.1 Å². The monoisotopic (exact) mass is 292 g/mol. The molecule has 0 atom stereocenters. The van der Waals surface area contributed by atoms with Gasteiger partial charge in [0, 0.05) is 11.8 Å². The molecule has 3 aromatic rings. The van der Waals surface area contributed by atoms with E-state index in [-0.39, 0.29) is 0 Å². The maximum atomic E-state index is 12.6. The van der Waals surface area contributed by atoms with Crippen molar-refractivity contribution >= 4 is 11.3 Å². The van der Waals surface area contributed by atoms with Crippen LogP contribution >= 0.6 is 0 Å². The lowest BCUT2D eigenvalue weighted by molar-refractivity contribution is -0.137. The summed E-state index contributed by atoms with van der Waals surface area (Å²) in [6, 6.07) is 6.56. The lowest BCUT2D eigenvalue weighted by Gasteiger charge is -2.07. The summed E-state index contributed by atoms with van der Waals surface area (Å²) in [5, 5.41) is 7.98. The molecule has 0 aliphatic heterocycles. The van der Waals surface area contributed by atoms with E-state index in [1.54, 1.807) is 16.7 Å². The van der Waals surface area contributed by atoms with Gasteiger partial charge in [-0.1, -0.05) is 12.1 Å². The predicted octanol–water partition coefficient (Wildman–Crippen LogP) is 3.31. The maximum absolute atomic E-state index is 12.6. The molecule has 0 bridgehead atoms. The van der Waals surface area contributed by atoms with Gasteiger partial charge in [0.1, 0.15) is 0 Å². The lowest BCUT2D eigenvalue weighted by Crippen LogP contribution is -2.04. The van der Waals surface area contributed by atoms with E-state index in [1.165, 1.54) is 12.1 Å². The first-order valence-corrected chi connectivity index (χ1v) is 6.15. The number of anilines is 1. The second-order valence-corrected chi connectivity index (χ2v) is 4.77. The van der Waals surface area contributed by atoms with Gasteiger partial charge in [-0.3, -0.25) is 4.40 Å². The highest BCUT2D eigenvalue weighted by molar-refractivity contribution is 5.69. The standard InChI is InChI=1S/C14H11F3N4/c1-8-6-11(18)13-20-19-12(21(13)7-8)9-2-4-10(5-3-9)14(15,16)17/h2-7H,18H2,1H3. The number of hydrogen-bond donors (Lipinski definition) is 1. The number of alkyl halides is 3. The largest absolute Gasteiger partial charge is 0.416 e. The summed E-state index contributed by atoms with van der Waals surface area (Å²) in [5.74, 6) is 0.453. The van der Waals surface area contributed by atoms with E-state index < -0.39 is 11.7 Å². The van der Waals surface area contributed by atoms with Crippen molar-refractivity contribution in [3.8, 4) is 11.4 Å². The van der Waals surface area contributed by atoms with E-state index in [4.69, 9.17) is 5.73 Å². The minimum atomic E-state index is -4.35. The van der Waals surface area contributed by atoms with Crippen LogP contribution in [0.3, 0.4) is 0 Å². The summed E-state index contributed by atoms with van der Waals surface area (Å²) in [6.07, 6.45) is -2.56. The van der Waals surface area contributed by atoms with E-state index in [0.29, 0.717) is 22.7 Å². The van der Waals surface area contributed by atoms with Crippen LogP contribution in [-0.2, 0) is 6.18 Å². The highest BCUT2D eigenvalue weighted by Gasteiger charge is 2.30. The zero-order valence-corrected chi connectivity index (χ0v) is 11.0. The second kappa shape index (κ2) is 4.47. The fourth-order valence-electron chi connectivity index (χ4n) is 2.17. The minimum absolute atomic E-state index is 0.453. The molecule has 2 heterocycles. The predicted molar refractivity (Wildman–Crippen MR) is 72.6 cm³/mol. The molecule has 21 heavy (non-hydrogen) atoms.